The molecule has 6 nitrogen and oxygen atoms in total. The van der Waals surface area contributed by atoms with E-state index in [4.69, 9.17) is 0 Å². The highest BCUT2D eigenvalue weighted by Gasteiger charge is 2.20. The van der Waals surface area contributed by atoms with Crippen LogP contribution in [0.25, 0.3) is 0 Å². The zero-order valence-corrected chi connectivity index (χ0v) is 11.5. The van der Waals surface area contributed by atoms with Crippen molar-refractivity contribution in [1.82, 2.24) is 9.88 Å². The normalized spacial score (nSPS) is 11.8. The van der Waals surface area contributed by atoms with E-state index < -0.39 is 5.92 Å². The molecule has 0 aliphatic heterocycles. The Morgan fingerprint density at radius 3 is 2.53 bits per heavy atom. The van der Waals surface area contributed by atoms with E-state index in [2.05, 4.69) is 9.72 Å². The Balaban J connectivity index is 2.71. The Kier molecular flexibility index (Phi) is 4.86. The Morgan fingerprint density at radius 2 is 2.05 bits per heavy atom. The summed E-state index contributed by atoms with van der Waals surface area (Å²) >= 11 is 0. The summed E-state index contributed by atoms with van der Waals surface area (Å²) in [4.78, 5) is 38.7. The van der Waals surface area contributed by atoms with Gasteiger partial charge in [-0.05, 0) is 13.0 Å². The van der Waals surface area contributed by atoms with Gasteiger partial charge in [0.25, 0.3) is 5.91 Å². The maximum Gasteiger partial charge on any atom is 0.310 e. The topological polar surface area (TPSA) is 79.5 Å². The summed E-state index contributed by atoms with van der Waals surface area (Å²) in [6.45, 7) is 3.37. The second-order valence-electron chi connectivity index (χ2n) is 4.47. The monoisotopic (exact) mass is 266 g/mol. The molecule has 104 valence electrons. The molecule has 0 radical (unpaired) electrons. The third-order valence-electron chi connectivity index (χ3n) is 2.82. The lowest BCUT2D eigenvalue weighted by molar-refractivity contribution is -0.145. The summed E-state index contributed by atoms with van der Waals surface area (Å²) in [5.41, 5.74) is 0.780. The first-order chi connectivity index (χ1) is 8.86. The highest BCUT2D eigenvalue weighted by molar-refractivity contribution is 5.99. The number of nitrogens with zero attached hydrogens (tertiary/aromatic N) is 1. The van der Waals surface area contributed by atoms with Crippen LogP contribution in [-0.4, -0.2) is 48.2 Å². The predicted molar refractivity (Wildman–Crippen MR) is 68.9 cm³/mol. The van der Waals surface area contributed by atoms with Crippen LogP contribution < -0.4 is 0 Å². The third-order valence-corrected chi connectivity index (χ3v) is 2.82. The lowest BCUT2D eigenvalue weighted by Crippen LogP contribution is -2.34. The zero-order valence-electron chi connectivity index (χ0n) is 11.5. The van der Waals surface area contributed by atoms with Gasteiger partial charge in [-0.15, -0.1) is 0 Å². The lowest BCUT2D eigenvalue weighted by Gasteiger charge is -2.19. The summed E-state index contributed by atoms with van der Waals surface area (Å²) in [5, 5.41) is 0. The molecule has 0 fully saturated rings. The molecular formula is C13H18N2O4. The van der Waals surface area contributed by atoms with Crippen LogP contribution in [0.15, 0.2) is 12.3 Å². The number of ketones is 1. The van der Waals surface area contributed by atoms with Gasteiger partial charge in [0.15, 0.2) is 5.78 Å². The number of ether oxygens (including phenoxy) is 1. The molecule has 1 aromatic heterocycles. The summed E-state index contributed by atoms with van der Waals surface area (Å²) < 4.78 is 4.60. The molecular weight excluding hydrogens is 248 g/mol. The van der Waals surface area contributed by atoms with E-state index in [1.165, 1.54) is 31.2 Å². The van der Waals surface area contributed by atoms with Crippen LogP contribution in [0.3, 0.4) is 0 Å². The van der Waals surface area contributed by atoms with Crippen molar-refractivity contribution in [1.29, 1.82) is 0 Å². The molecule has 1 amide bonds. The number of aromatic amines is 1. The number of aromatic nitrogens is 1. The molecule has 1 N–H and O–H groups in total. The predicted octanol–water partition coefficient (Wildman–Crippen LogP) is 1.10. The lowest BCUT2D eigenvalue weighted by atomic mass is 10.1. The van der Waals surface area contributed by atoms with Gasteiger partial charge in [-0.25, -0.2) is 0 Å². The molecule has 0 aliphatic carbocycles. The number of Topliss-reactive ketones (excluding diaryl/α,β-unsaturated/α-hetero) is 1. The molecule has 1 heterocycles. The maximum atomic E-state index is 12.1. The molecule has 0 aliphatic rings. The number of H-pyrrole nitrogens is 1. The van der Waals surface area contributed by atoms with Gasteiger partial charge < -0.3 is 14.6 Å². The van der Waals surface area contributed by atoms with E-state index in [0.29, 0.717) is 11.3 Å². The largest absolute Gasteiger partial charge is 0.469 e. The number of carbonyl (C=O) groups is 3. The van der Waals surface area contributed by atoms with Gasteiger partial charge in [0.2, 0.25) is 0 Å². The Labute approximate surface area is 111 Å². The van der Waals surface area contributed by atoms with Gasteiger partial charge in [-0.1, -0.05) is 6.92 Å². The van der Waals surface area contributed by atoms with Crippen molar-refractivity contribution in [3.8, 4) is 0 Å². The minimum atomic E-state index is -0.402. The van der Waals surface area contributed by atoms with E-state index in [1.54, 1.807) is 14.0 Å². The maximum absolute atomic E-state index is 12.1. The van der Waals surface area contributed by atoms with Gasteiger partial charge in [0.05, 0.1) is 13.0 Å². The second-order valence-corrected chi connectivity index (χ2v) is 4.47. The SMILES string of the molecule is COC(=O)C(C)CN(C)C(=O)c1cc(C(C)=O)c[nH]1. The Hall–Kier alpha value is -2.11. The Morgan fingerprint density at radius 1 is 1.42 bits per heavy atom. The van der Waals surface area contributed by atoms with E-state index in [1.807, 2.05) is 0 Å². The first-order valence-corrected chi connectivity index (χ1v) is 5.89. The second kappa shape index (κ2) is 6.17. The van der Waals surface area contributed by atoms with Gasteiger partial charge in [-0.3, -0.25) is 14.4 Å². The van der Waals surface area contributed by atoms with Gasteiger partial charge in [0.1, 0.15) is 5.69 Å². The van der Waals surface area contributed by atoms with E-state index in [9.17, 15) is 14.4 Å². The highest BCUT2D eigenvalue weighted by Crippen LogP contribution is 2.09. The number of rotatable bonds is 5. The highest BCUT2D eigenvalue weighted by atomic mass is 16.5. The van der Waals surface area contributed by atoms with Gasteiger partial charge in [-0.2, -0.15) is 0 Å². The van der Waals surface area contributed by atoms with E-state index in [0.717, 1.165) is 0 Å². The zero-order chi connectivity index (χ0) is 14.6. The summed E-state index contributed by atoms with van der Waals surface area (Å²) in [6, 6.07) is 1.50. The fraction of sp³-hybridized carbons (Fsp3) is 0.462. The molecule has 1 aromatic rings. The average Bonchev–Trinajstić information content (AvgIpc) is 2.86. The van der Waals surface area contributed by atoms with Crippen molar-refractivity contribution in [3.63, 3.8) is 0 Å². The van der Waals surface area contributed by atoms with Crippen LogP contribution in [0.5, 0.6) is 0 Å². The van der Waals surface area contributed by atoms with Crippen molar-refractivity contribution in [2.24, 2.45) is 5.92 Å². The molecule has 0 saturated carbocycles. The number of esters is 1. The van der Waals surface area contributed by atoms with Gasteiger partial charge in [0, 0.05) is 25.4 Å². The van der Waals surface area contributed by atoms with Crippen molar-refractivity contribution in [2.45, 2.75) is 13.8 Å². The smallest absolute Gasteiger partial charge is 0.310 e. The molecule has 0 spiro atoms. The number of nitrogens with one attached hydrogen (secondary N) is 1. The first kappa shape index (κ1) is 14.9. The van der Waals surface area contributed by atoms with Crippen LogP contribution in [-0.2, 0) is 9.53 Å². The van der Waals surface area contributed by atoms with Crippen molar-refractivity contribution in [3.05, 3.63) is 23.5 Å². The van der Waals surface area contributed by atoms with Crippen molar-refractivity contribution in [2.75, 3.05) is 20.7 Å². The number of hydrogen-bond acceptors (Lipinski definition) is 4. The molecule has 1 unspecified atom stereocenters. The van der Waals surface area contributed by atoms with Crippen molar-refractivity contribution < 1.29 is 19.1 Å². The Bertz CT molecular complexity index is 493. The average molecular weight is 266 g/mol. The molecule has 0 saturated heterocycles. The number of hydrogen-bond donors (Lipinski definition) is 1. The molecule has 0 aromatic carbocycles. The molecule has 0 bridgehead atoms. The molecule has 1 rings (SSSR count). The van der Waals surface area contributed by atoms with E-state index >= 15 is 0 Å². The van der Waals surface area contributed by atoms with Crippen molar-refractivity contribution >= 4 is 17.7 Å². The van der Waals surface area contributed by atoms with Crippen LogP contribution in [0.4, 0.5) is 0 Å². The van der Waals surface area contributed by atoms with E-state index in [-0.39, 0.29) is 24.2 Å². The third kappa shape index (κ3) is 3.67. The van der Waals surface area contributed by atoms with Gasteiger partial charge >= 0.3 is 5.97 Å². The quantitative estimate of drug-likeness (QED) is 0.639. The number of methoxy groups -OCH3 is 1. The summed E-state index contributed by atoms with van der Waals surface area (Å²) in [5.74, 6) is -1.15. The minimum Gasteiger partial charge on any atom is -0.469 e. The molecule has 1 atom stereocenters. The van der Waals surface area contributed by atoms with Crippen LogP contribution in [0.2, 0.25) is 0 Å². The molecule has 19 heavy (non-hydrogen) atoms. The number of carbonyl (C=O) groups excluding carboxylic acids is 3. The van der Waals surface area contributed by atoms with Crippen LogP contribution in [0, 0.1) is 5.92 Å². The van der Waals surface area contributed by atoms with Crippen LogP contribution >= 0.6 is 0 Å². The number of amides is 1. The summed E-state index contributed by atoms with van der Waals surface area (Å²) in [7, 11) is 2.90. The fourth-order valence-electron chi connectivity index (χ4n) is 1.70. The fourth-order valence-corrected chi connectivity index (χ4v) is 1.70. The van der Waals surface area contributed by atoms with Crippen LogP contribution in [0.1, 0.15) is 34.7 Å². The molecule has 6 heteroatoms. The minimum absolute atomic E-state index is 0.110. The summed E-state index contributed by atoms with van der Waals surface area (Å²) in [6.07, 6.45) is 1.49. The standard InChI is InChI=1S/C13H18N2O4/c1-8(13(18)19-4)7-15(3)12(17)11-5-10(6-14-11)9(2)16/h5-6,8,14H,7H2,1-4H3. The first-order valence-electron chi connectivity index (χ1n) is 5.89.